The third-order valence-corrected chi connectivity index (χ3v) is 2.77. The van der Waals surface area contributed by atoms with Crippen LogP contribution in [0.5, 0.6) is 11.5 Å². The smallest absolute Gasteiger partial charge is 0.251 e. The van der Waals surface area contributed by atoms with Crippen LogP contribution in [0.2, 0.25) is 0 Å². The van der Waals surface area contributed by atoms with Gasteiger partial charge in [-0.1, -0.05) is 18.2 Å². The van der Waals surface area contributed by atoms with E-state index >= 15 is 0 Å². The molecule has 0 radical (unpaired) electrons. The standard InChI is InChI=1S/C15H15NO3/c1-19-13-8-7-12(14(17)9-13)10-16-15(18)11-5-3-2-4-6-11/h2-9,17H,10H2,1H3,(H,16,18). The summed E-state index contributed by atoms with van der Waals surface area (Å²) in [6, 6.07) is 13.9. The molecule has 0 aromatic heterocycles. The predicted molar refractivity (Wildman–Crippen MR) is 72.3 cm³/mol. The summed E-state index contributed by atoms with van der Waals surface area (Å²) in [6.07, 6.45) is 0. The Bertz CT molecular complexity index is 567. The summed E-state index contributed by atoms with van der Waals surface area (Å²) in [5.41, 5.74) is 1.24. The number of hydrogen-bond acceptors (Lipinski definition) is 3. The molecule has 2 rings (SSSR count). The van der Waals surface area contributed by atoms with Gasteiger partial charge in [0.15, 0.2) is 0 Å². The first kappa shape index (κ1) is 13.0. The van der Waals surface area contributed by atoms with Gasteiger partial charge in [-0.05, 0) is 24.3 Å². The first-order chi connectivity index (χ1) is 9.20. The van der Waals surface area contributed by atoms with Gasteiger partial charge in [0, 0.05) is 23.7 Å². The highest BCUT2D eigenvalue weighted by Crippen LogP contribution is 2.23. The van der Waals surface area contributed by atoms with Crippen LogP contribution in [0.25, 0.3) is 0 Å². The number of amides is 1. The zero-order valence-electron chi connectivity index (χ0n) is 10.6. The minimum absolute atomic E-state index is 0.104. The number of aromatic hydroxyl groups is 1. The van der Waals surface area contributed by atoms with E-state index in [1.54, 1.807) is 36.4 Å². The number of phenols is 1. The second-order valence-electron chi connectivity index (χ2n) is 4.04. The molecule has 0 spiro atoms. The Morgan fingerprint density at radius 2 is 1.95 bits per heavy atom. The number of carbonyl (C=O) groups excluding carboxylic acids is 1. The van der Waals surface area contributed by atoms with Crippen molar-refractivity contribution in [2.24, 2.45) is 0 Å². The molecule has 0 fully saturated rings. The van der Waals surface area contributed by atoms with Crippen molar-refractivity contribution in [3.05, 3.63) is 59.7 Å². The van der Waals surface area contributed by atoms with E-state index in [0.717, 1.165) is 0 Å². The average Bonchev–Trinajstić information content (AvgIpc) is 2.46. The molecule has 0 unspecified atom stereocenters. The molecule has 0 saturated carbocycles. The molecule has 0 aliphatic heterocycles. The SMILES string of the molecule is COc1ccc(CNC(=O)c2ccccc2)c(O)c1. The number of ether oxygens (including phenoxy) is 1. The highest BCUT2D eigenvalue weighted by Gasteiger charge is 2.07. The molecule has 0 heterocycles. The lowest BCUT2D eigenvalue weighted by Gasteiger charge is -2.08. The molecule has 0 aliphatic rings. The highest BCUT2D eigenvalue weighted by molar-refractivity contribution is 5.94. The lowest BCUT2D eigenvalue weighted by Crippen LogP contribution is -2.22. The lowest BCUT2D eigenvalue weighted by atomic mass is 10.1. The van der Waals surface area contributed by atoms with E-state index in [1.165, 1.54) is 13.2 Å². The maximum absolute atomic E-state index is 11.8. The fourth-order valence-corrected chi connectivity index (χ4v) is 1.69. The summed E-state index contributed by atoms with van der Waals surface area (Å²) in [5.74, 6) is 0.513. The van der Waals surface area contributed by atoms with Gasteiger partial charge in [-0.25, -0.2) is 0 Å². The molecule has 4 nitrogen and oxygen atoms in total. The Balaban J connectivity index is 2.01. The Kier molecular flexibility index (Phi) is 4.03. The van der Waals surface area contributed by atoms with Gasteiger partial charge >= 0.3 is 0 Å². The summed E-state index contributed by atoms with van der Waals surface area (Å²) >= 11 is 0. The molecular weight excluding hydrogens is 242 g/mol. The molecule has 2 N–H and O–H groups in total. The fourth-order valence-electron chi connectivity index (χ4n) is 1.69. The Morgan fingerprint density at radius 1 is 1.21 bits per heavy atom. The summed E-state index contributed by atoms with van der Waals surface area (Å²) < 4.78 is 5.00. The zero-order chi connectivity index (χ0) is 13.7. The number of methoxy groups -OCH3 is 1. The van der Waals surface area contributed by atoms with Gasteiger partial charge in [0.2, 0.25) is 0 Å². The van der Waals surface area contributed by atoms with Crippen LogP contribution in [0, 0.1) is 0 Å². The molecule has 0 saturated heterocycles. The van der Waals surface area contributed by atoms with Crippen molar-refractivity contribution in [3.63, 3.8) is 0 Å². The van der Waals surface area contributed by atoms with Crippen molar-refractivity contribution < 1.29 is 14.6 Å². The van der Waals surface area contributed by atoms with Crippen molar-refractivity contribution in [1.29, 1.82) is 0 Å². The molecule has 2 aromatic rings. The van der Waals surface area contributed by atoms with Crippen LogP contribution < -0.4 is 10.1 Å². The van der Waals surface area contributed by atoms with E-state index in [1.807, 2.05) is 6.07 Å². The minimum atomic E-state index is -0.171. The number of phenolic OH excluding ortho intramolecular Hbond substituents is 1. The number of hydrogen-bond donors (Lipinski definition) is 2. The van der Waals surface area contributed by atoms with Gasteiger partial charge in [-0.15, -0.1) is 0 Å². The number of carbonyl (C=O) groups is 1. The molecule has 0 bridgehead atoms. The van der Waals surface area contributed by atoms with Crippen molar-refractivity contribution in [2.75, 3.05) is 7.11 Å². The number of nitrogens with one attached hydrogen (secondary N) is 1. The molecule has 1 amide bonds. The Hall–Kier alpha value is -2.49. The van der Waals surface area contributed by atoms with Gasteiger partial charge in [-0.3, -0.25) is 4.79 Å². The van der Waals surface area contributed by atoms with Crippen LogP contribution in [-0.2, 0) is 6.54 Å². The second-order valence-corrected chi connectivity index (χ2v) is 4.04. The summed E-state index contributed by atoms with van der Waals surface area (Å²) in [7, 11) is 1.53. The molecule has 98 valence electrons. The molecule has 19 heavy (non-hydrogen) atoms. The third-order valence-electron chi connectivity index (χ3n) is 2.77. The molecule has 4 heteroatoms. The van der Waals surface area contributed by atoms with Crippen molar-refractivity contribution in [1.82, 2.24) is 5.32 Å². The molecule has 0 aliphatic carbocycles. The van der Waals surface area contributed by atoms with E-state index < -0.39 is 0 Å². The average molecular weight is 257 g/mol. The quantitative estimate of drug-likeness (QED) is 0.883. The summed E-state index contributed by atoms with van der Waals surface area (Å²) in [4.78, 5) is 11.8. The first-order valence-corrected chi connectivity index (χ1v) is 5.90. The monoisotopic (exact) mass is 257 g/mol. The second kappa shape index (κ2) is 5.91. The van der Waals surface area contributed by atoms with Gasteiger partial charge in [0.25, 0.3) is 5.91 Å². The van der Waals surface area contributed by atoms with Crippen LogP contribution in [0.1, 0.15) is 15.9 Å². The normalized spacial score (nSPS) is 9.95. The predicted octanol–water partition coefficient (Wildman–Crippen LogP) is 2.33. The highest BCUT2D eigenvalue weighted by atomic mass is 16.5. The van der Waals surface area contributed by atoms with Gasteiger partial charge in [0.1, 0.15) is 11.5 Å². The van der Waals surface area contributed by atoms with Crippen molar-refractivity contribution >= 4 is 5.91 Å². The maximum Gasteiger partial charge on any atom is 0.251 e. The summed E-state index contributed by atoms with van der Waals surface area (Å²) in [5, 5.41) is 12.5. The van der Waals surface area contributed by atoms with Crippen LogP contribution >= 0.6 is 0 Å². The summed E-state index contributed by atoms with van der Waals surface area (Å²) in [6.45, 7) is 0.267. The Morgan fingerprint density at radius 3 is 2.58 bits per heavy atom. The van der Waals surface area contributed by atoms with Crippen LogP contribution in [0.3, 0.4) is 0 Å². The minimum Gasteiger partial charge on any atom is -0.507 e. The van der Waals surface area contributed by atoms with E-state index in [-0.39, 0.29) is 18.2 Å². The van der Waals surface area contributed by atoms with E-state index in [9.17, 15) is 9.90 Å². The van der Waals surface area contributed by atoms with Crippen molar-refractivity contribution in [2.45, 2.75) is 6.54 Å². The van der Waals surface area contributed by atoms with E-state index in [4.69, 9.17) is 4.74 Å². The van der Waals surface area contributed by atoms with Gasteiger partial charge < -0.3 is 15.2 Å². The topological polar surface area (TPSA) is 58.6 Å². The maximum atomic E-state index is 11.8. The molecule has 0 atom stereocenters. The largest absolute Gasteiger partial charge is 0.507 e. The fraction of sp³-hybridized carbons (Fsp3) is 0.133. The number of benzene rings is 2. The number of rotatable bonds is 4. The van der Waals surface area contributed by atoms with Crippen LogP contribution in [-0.4, -0.2) is 18.1 Å². The van der Waals surface area contributed by atoms with Crippen molar-refractivity contribution in [3.8, 4) is 11.5 Å². The lowest BCUT2D eigenvalue weighted by molar-refractivity contribution is 0.0951. The third kappa shape index (κ3) is 3.25. The van der Waals surface area contributed by atoms with Crippen LogP contribution in [0.4, 0.5) is 0 Å². The molecule has 2 aromatic carbocycles. The van der Waals surface area contributed by atoms with E-state index in [0.29, 0.717) is 16.9 Å². The Labute approximate surface area is 111 Å². The molecular formula is C15H15NO3. The zero-order valence-corrected chi connectivity index (χ0v) is 10.6. The van der Waals surface area contributed by atoms with Gasteiger partial charge in [-0.2, -0.15) is 0 Å². The van der Waals surface area contributed by atoms with E-state index in [2.05, 4.69) is 5.32 Å². The van der Waals surface area contributed by atoms with Gasteiger partial charge in [0.05, 0.1) is 7.11 Å². The van der Waals surface area contributed by atoms with Crippen LogP contribution in [0.15, 0.2) is 48.5 Å². The first-order valence-electron chi connectivity index (χ1n) is 5.90.